The Hall–Kier alpha value is -1.50. The van der Waals surface area contributed by atoms with E-state index in [-0.39, 0.29) is 44.9 Å². The van der Waals surface area contributed by atoms with Crippen LogP contribution >= 0.6 is 0 Å². The monoisotopic (exact) mass is 402 g/mol. The van der Waals surface area contributed by atoms with Crippen molar-refractivity contribution in [3.8, 4) is 11.1 Å². The average molecular weight is 402 g/mol. The molecule has 1 aliphatic heterocycles. The maximum atomic E-state index is 11.9. The van der Waals surface area contributed by atoms with E-state index in [1.165, 1.54) is 11.0 Å². The summed E-state index contributed by atoms with van der Waals surface area (Å²) in [5.41, 5.74) is 4.01. The summed E-state index contributed by atoms with van der Waals surface area (Å²) in [7, 11) is 0. The number of anilines is 1. The van der Waals surface area contributed by atoms with Crippen LogP contribution in [0.1, 0.15) is 11.1 Å². The van der Waals surface area contributed by atoms with E-state index in [2.05, 4.69) is 11.1 Å². The van der Waals surface area contributed by atoms with E-state index in [4.69, 9.17) is 9.84 Å². The second kappa shape index (κ2) is 7.59. The van der Waals surface area contributed by atoms with Gasteiger partial charge in [0.05, 0.1) is 13.2 Å². The van der Waals surface area contributed by atoms with Crippen LogP contribution in [0.25, 0.3) is 11.1 Å². The fraction of sp³-hybridized carbons (Fsp3) is 0.294. The van der Waals surface area contributed by atoms with Crippen molar-refractivity contribution in [2.24, 2.45) is 0 Å². The number of H-pyrrole nitrogens is 1. The number of hydrogen-bond acceptors (Lipinski definition) is 4. The fourth-order valence-electron chi connectivity index (χ4n) is 2.70. The number of aliphatic hydroxyl groups excluding tert-OH is 1. The van der Waals surface area contributed by atoms with Gasteiger partial charge in [-0.1, -0.05) is 25.5 Å². The van der Waals surface area contributed by atoms with E-state index >= 15 is 0 Å². The molecule has 2 heterocycles. The quantitative estimate of drug-likeness (QED) is 0.767. The zero-order chi connectivity index (χ0) is 16.6. The smallest absolute Gasteiger partial charge is 0.406 e. The molecule has 0 bridgehead atoms. The summed E-state index contributed by atoms with van der Waals surface area (Å²) in [5.74, 6) is 0. The van der Waals surface area contributed by atoms with E-state index < -0.39 is 12.2 Å². The molecular weight excluding hydrogens is 385 g/mol. The van der Waals surface area contributed by atoms with Crippen LogP contribution in [0.15, 0.2) is 29.2 Å². The molecule has 1 amide bonds. The minimum atomic E-state index is -0.499. The van der Waals surface area contributed by atoms with Gasteiger partial charge in [0, 0.05) is 32.7 Å². The molecule has 7 heteroatoms. The standard InChI is InChI=1S/C17H17N2O4.Y/c1-10-6-15(19-8-13(9-20)23-17(19)22)11(2)5-14(10)12-3-4-16(21)18-7-12;/h3-4,6-7,13,20H,8-9H2,1-2H3,(H,18,21);/q-1;/t13-;/m1./s1. The van der Waals surface area contributed by atoms with Gasteiger partial charge in [0.1, 0.15) is 6.10 Å². The van der Waals surface area contributed by atoms with E-state index in [1.807, 2.05) is 19.9 Å². The number of hydrogen-bond donors (Lipinski definition) is 2. The van der Waals surface area contributed by atoms with E-state index in [0.717, 1.165) is 27.9 Å². The van der Waals surface area contributed by atoms with Crippen LogP contribution in [0.4, 0.5) is 10.5 Å². The third kappa shape index (κ3) is 3.61. The van der Waals surface area contributed by atoms with Crippen molar-refractivity contribution in [3.63, 3.8) is 0 Å². The number of aromatic nitrogens is 1. The molecule has 0 unspecified atom stereocenters. The van der Waals surface area contributed by atoms with Gasteiger partial charge in [-0.05, 0) is 18.0 Å². The van der Waals surface area contributed by atoms with Gasteiger partial charge < -0.3 is 19.7 Å². The first-order valence-electron chi connectivity index (χ1n) is 7.31. The summed E-state index contributed by atoms with van der Waals surface area (Å²) in [6.07, 6.45) is 0.685. The van der Waals surface area contributed by atoms with Crippen LogP contribution in [-0.2, 0) is 37.4 Å². The summed E-state index contributed by atoms with van der Waals surface area (Å²) in [6, 6.07) is 8.38. The van der Waals surface area contributed by atoms with E-state index in [9.17, 15) is 9.59 Å². The molecule has 1 aromatic heterocycles. The van der Waals surface area contributed by atoms with Crippen molar-refractivity contribution in [1.29, 1.82) is 0 Å². The topological polar surface area (TPSA) is 82.6 Å². The predicted molar refractivity (Wildman–Crippen MR) is 85.5 cm³/mol. The van der Waals surface area contributed by atoms with Gasteiger partial charge in [0.25, 0.3) is 0 Å². The number of aryl methyl sites for hydroxylation is 2. The van der Waals surface area contributed by atoms with Crippen molar-refractivity contribution in [2.75, 3.05) is 18.1 Å². The number of ether oxygens (including phenoxy) is 1. The van der Waals surface area contributed by atoms with Crippen molar-refractivity contribution in [1.82, 2.24) is 4.98 Å². The maximum absolute atomic E-state index is 11.9. The first kappa shape index (κ1) is 18.8. The summed E-state index contributed by atoms with van der Waals surface area (Å²) >= 11 is 0. The van der Waals surface area contributed by atoms with E-state index in [1.54, 1.807) is 12.3 Å². The molecule has 1 fully saturated rings. The van der Waals surface area contributed by atoms with Gasteiger partial charge in [-0.2, -0.15) is 0 Å². The van der Waals surface area contributed by atoms with Crippen LogP contribution in [0.2, 0.25) is 0 Å². The third-order valence-electron chi connectivity index (χ3n) is 3.89. The molecule has 1 aliphatic rings. The largest absolute Gasteiger partial charge is 0.442 e. The first-order chi connectivity index (χ1) is 11.0. The SMILES string of the molecule is Cc1[c-]c(-c2ccc(=O)[nH]c2)c(C)cc1N1C[C@H](CO)OC1=O.[Y]. The molecule has 1 aromatic carbocycles. The van der Waals surface area contributed by atoms with Crippen molar-refractivity contribution in [2.45, 2.75) is 20.0 Å². The van der Waals surface area contributed by atoms with E-state index in [0.29, 0.717) is 6.54 Å². The van der Waals surface area contributed by atoms with Crippen LogP contribution < -0.4 is 10.5 Å². The van der Waals surface area contributed by atoms with Crippen molar-refractivity contribution >= 4 is 11.8 Å². The summed E-state index contributed by atoms with van der Waals surface area (Å²) < 4.78 is 5.08. The van der Waals surface area contributed by atoms with Crippen LogP contribution in [-0.4, -0.2) is 35.4 Å². The summed E-state index contributed by atoms with van der Waals surface area (Å²) in [6.45, 7) is 3.91. The molecular formula is C17H17N2O4Y-. The van der Waals surface area contributed by atoms with Gasteiger partial charge in [-0.3, -0.25) is 4.79 Å². The number of aliphatic hydroxyl groups is 1. The predicted octanol–water partition coefficient (Wildman–Crippen LogP) is 1.77. The number of amides is 1. The molecule has 0 saturated carbocycles. The Bertz CT molecular complexity index is 798. The van der Waals surface area contributed by atoms with Crippen LogP contribution in [0.3, 0.4) is 0 Å². The van der Waals surface area contributed by atoms with Crippen molar-refractivity contribution < 1.29 is 47.3 Å². The van der Waals surface area contributed by atoms with Gasteiger partial charge >= 0.3 is 6.09 Å². The number of carbonyl (C=O) groups excluding carboxylic acids is 1. The zero-order valence-corrected chi connectivity index (χ0v) is 16.3. The Morgan fingerprint density at radius 1 is 1.38 bits per heavy atom. The molecule has 0 aliphatic carbocycles. The Balaban J connectivity index is 0.00000208. The van der Waals surface area contributed by atoms with Crippen LogP contribution in [0.5, 0.6) is 0 Å². The van der Waals surface area contributed by atoms with Gasteiger partial charge in [-0.15, -0.1) is 28.8 Å². The Labute approximate surface area is 164 Å². The molecule has 1 saturated heterocycles. The molecule has 0 spiro atoms. The molecule has 6 nitrogen and oxygen atoms in total. The fourth-order valence-corrected chi connectivity index (χ4v) is 2.70. The number of nitrogens with one attached hydrogen (secondary N) is 1. The molecule has 123 valence electrons. The minimum absolute atomic E-state index is 0. The number of carbonyl (C=O) groups is 1. The second-order valence-electron chi connectivity index (χ2n) is 5.58. The molecule has 24 heavy (non-hydrogen) atoms. The van der Waals surface area contributed by atoms with Gasteiger partial charge in [0.2, 0.25) is 5.56 Å². The number of cyclic esters (lactones) is 1. The second-order valence-corrected chi connectivity index (χ2v) is 5.58. The molecule has 3 rings (SSSR count). The Kier molecular flexibility index (Phi) is 5.96. The van der Waals surface area contributed by atoms with Crippen molar-refractivity contribution in [3.05, 3.63) is 51.9 Å². The number of rotatable bonds is 3. The molecule has 2 N–H and O–H groups in total. The number of pyridine rings is 1. The maximum Gasteiger partial charge on any atom is 0.406 e. The number of aromatic amines is 1. The molecule has 2 aromatic rings. The minimum Gasteiger partial charge on any atom is -0.442 e. The first-order valence-corrected chi connectivity index (χ1v) is 7.31. The Morgan fingerprint density at radius 2 is 2.12 bits per heavy atom. The zero-order valence-electron chi connectivity index (χ0n) is 13.5. The normalized spacial score (nSPS) is 16.7. The average Bonchev–Trinajstić information content (AvgIpc) is 2.91. The van der Waals surface area contributed by atoms with Gasteiger partial charge in [0.15, 0.2) is 0 Å². The summed E-state index contributed by atoms with van der Waals surface area (Å²) in [5, 5.41) is 9.15. The third-order valence-corrected chi connectivity index (χ3v) is 3.89. The Morgan fingerprint density at radius 3 is 2.71 bits per heavy atom. The summed E-state index contributed by atoms with van der Waals surface area (Å²) in [4.78, 5) is 27.3. The molecule has 1 radical (unpaired) electrons. The molecule has 1 atom stereocenters. The van der Waals surface area contributed by atoms with Gasteiger partial charge in [-0.25, -0.2) is 4.79 Å². The van der Waals surface area contributed by atoms with Crippen LogP contribution in [0, 0.1) is 19.9 Å². The number of nitrogens with zero attached hydrogens (tertiary/aromatic N) is 1. The number of benzene rings is 1.